The van der Waals surface area contributed by atoms with Gasteiger partial charge in [-0.25, -0.2) is 0 Å². The van der Waals surface area contributed by atoms with Crippen molar-refractivity contribution in [1.82, 2.24) is 10.2 Å². The highest BCUT2D eigenvalue weighted by molar-refractivity contribution is 5.80. The van der Waals surface area contributed by atoms with Crippen LogP contribution in [0.1, 0.15) is 36.5 Å². The van der Waals surface area contributed by atoms with Gasteiger partial charge in [0.25, 0.3) is 0 Å². The third-order valence-corrected chi connectivity index (χ3v) is 4.96. The van der Waals surface area contributed by atoms with Gasteiger partial charge in [0.2, 0.25) is 0 Å². The normalized spacial score (nSPS) is 21.1. The Morgan fingerprint density at radius 1 is 1.36 bits per heavy atom. The van der Waals surface area contributed by atoms with Gasteiger partial charge in [0.15, 0.2) is 5.96 Å². The van der Waals surface area contributed by atoms with E-state index in [0.29, 0.717) is 25.3 Å². The molecule has 0 aromatic heterocycles. The summed E-state index contributed by atoms with van der Waals surface area (Å²) in [5, 5.41) is 3.31. The Labute approximate surface area is 163 Å². The van der Waals surface area contributed by atoms with Crippen molar-refractivity contribution in [3.63, 3.8) is 0 Å². The number of aliphatic imine (C=N–C) groups is 1. The second kappa shape index (κ2) is 9.60. The molecule has 8 heteroatoms. The van der Waals surface area contributed by atoms with Crippen molar-refractivity contribution in [3.05, 3.63) is 35.4 Å². The van der Waals surface area contributed by atoms with Gasteiger partial charge in [-0.2, -0.15) is 13.2 Å². The average molecular weight is 399 g/mol. The van der Waals surface area contributed by atoms with Crippen molar-refractivity contribution >= 4 is 5.96 Å². The molecule has 0 spiro atoms. The van der Waals surface area contributed by atoms with Crippen molar-refractivity contribution in [3.8, 4) is 0 Å². The van der Waals surface area contributed by atoms with Crippen LogP contribution in [0.3, 0.4) is 0 Å². The molecule has 0 bridgehead atoms. The standard InChI is InChI=1S/C20H28F3N3O2/c1-24-19(25-8-3-10-27-14-15-6-7-15)26-9-11-28-18(13-26)16-4-2-5-17(12-16)20(21,22)23/h2,4-5,12,15,18H,3,6-11,13-14H2,1H3,(H,24,25). The minimum absolute atomic E-state index is 0.420. The highest BCUT2D eigenvalue weighted by Crippen LogP contribution is 2.32. The van der Waals surface area contributed by atoms with Crippen LogP contribution in [0, 0.1) is 5.92 Å². The van der Waals surface area contributed by atoms with Gasteiger partial charge in [-0.15, -0.1) is 0 Å². The molecule has 0 amide bonds. The molecule has 5 nitrogen and oxygen atoms in total. The number of rotatable bonds is 7. The summed E-state index contributed by atoms with van der Waals surface area (Å²) in [6.45, 7) is 3.86. The molecular weight excluding hydrogens is 371 g/mol. The summed E-state index contributed by atoms with van der Waals surface area (Å²) in [5.41, 5.74) is -0.122. The molecule has 1 aliphatic heterocycles. The summed E-state index contributed by atoms with van der Waals surface area (Å²) in [6.07, 6.45) is -1.32. The van der Waals surface area contributed by atoms with E-state index in [1.807, 2.05) is 4.90 Å². The summed E-state index contributed by atoms with van der Waals surface area (Å²) in [5.74, 6) is 1.50. The number of benzene rings is 1. The lowest BCUT2D eigenvalue weighted by Crippen LogP contribution is -2.48. The lowest BCUT2D eigenvalue weighted by Gasteiger charge is -2.35. The first-order valence-electron chi connectivity index (χ1n) is 9.79. The monoisotopic (exact) mass is 399 g/mol. The molecule has 1 aromatic carbocycles. The number of hydrogen-bond donors (Lipinski definition) is 1. The second-order valence-corrected chi connectivity index (χ2v) is 7.27. The third-order valence-electron chi connectivity index (χ3n) is 4.96. The molecule has 3 rings (SSSR count). The summed E-state index contributed by atoms with van der Waals surface area (Å²) >= 11 is 0. The fourth-order valence-corrected chi connectivity index (χ4v) is 3.20. The molecule has 2 fully saturated rings. The lowest BCUT2D eigenvalue weighted by molar-refractivity contribution is -0.137. The molecule has 1 N–H and O–H groups in total. The molecule has 0 radical (unpaired) electrons. The molecule has 156 valence electrons. The number of nitrogens with one attached hydrogen (secondary N) is 1. The number of nitrogens with zero attached hydrogens (tertiary/aromatic N) is 2. The number of ether oxygens (including phenoxy) is 2. The summed E-state index contributed by atoms with van der Waals surface area (Å²) < 4.78 is 50.3. The Kier molecular flexibility index (Phi) is 7.18. The van der Waals surface area contributed by atoms with Crippen molar-refractivity contribution in [1.29, 1.82) is 0 Å². The first-order chi connectivity index (χ1) is 13.5. The van der Waals surface area contributed by atoms with Crippen molar-refractivity contribution in [2.45, 2.75) is 31.5 Å². The Bertz CT molecular complexity index is 662. The van der Waals surface area contributed by atoms with Gasteiger partial charge in [0.1, 0.15) is 6.10 Å². The van der Waals surface area contributed by atoms with Crippen molar-refractivity contribution in [2.75, 3.05) is 46.5 Å². The van der Waals surface area contributed by atoms with Gasteiger partial charge in [-0.05, 0) is 42.9 Å². The third kappa shape index (κ3) is 6.10. The van der Waals surface area contributed by atoms with E-state index in [0.717, 1.165) is 44.1 Å². The summed E-state index contributed by atoms with van der Waals surface area (Å²) in [4.78, 5) is 6.34. The van der Waals surface area contributed by atoms with Gasteiger partial charge >= 0.3 is 6.18 Å². The molecule has 1 unspecified atom stereocenters. The predicted octanol–water partition coefficient (Wildman–Crippen LogP) is 3.47. The molecule has 28 heavy (non-hydrogen) atoms. The number of guanidine groups is 1. The number of halogens is 3. The fourth-order valence-electron chi connectivity index (χ4n) is 3.20. The van der Waals surface area contributed by atoms with Crippen molar-refractivity contribution < 1.29 is 22.6 Å². The van der Waals surface area contributed by atoms with Crippen LogP contribution in [0.25, 0.3) is 0 Å². The van der Waals surface area contributed by atoms with Crippen LogP contribution in [0.5, 0.6) is 0 Å². The van der Waals surface area contributed by atoms with Crippen LogP contribution >= 0.6 is 0 Å². The minimum Gasteiger partial charge on any atom is -0.381 e. The molecule has 1 heterocycles. The van der Waals surface area contributed by atoms with Crippen molar-refractivity contribution in [2.24, 2.45) is 10.9 Å². The Balaban J connectivity index is 1.49. The first kappa shape index (κ1) is 20.9. The Morgan fingerprint density at radius 3 is 2.89 bits per heavy atom. The maximum atomic E-state index is 13.0. The van der Waals surface area contributed by atoms with E-state index in [1.54, 1.807) is 13.1 Å². The number of hydrogen-bond acceptors (Lipinski definition) is 3. The smallest absolute Gasteiger partial charge is 0.381 e. The van der Waals surface area contributed by atoms with Gasteiger partial charge in [0, 0.05) is 33.4 Å². The largest absolute Gasteiger partial charge is 0.416 e. The second-order valence-electron chi connectivity index (χ2n) is 7.27. The summed E-state index contributed by atoms with van der Waals surface area (Å²) in [6, 6.07) is 5.35. The van der Waals surface area contributed by atoms with Gasteiger partial charge in [-0.1, -0.05) is 12.1 Å². The molecule has 1 aliphatic carbocycles. The molecular formula is C20H28F3N3O2. The Hall–Kier alpha value is -1.80. The maximum Gasteiger partial charge on any atom is 0.416 e. The SMILES string of the molecule is CN=C(NCCCOCC1CC1)N1CCOC(c2cccc(C(F)(F)F)c2)C1. The van der Waals surface area contributed by atoms with Crippen LogP contribution in [-0.4, -0.2) is 57.4 Å². The van der Waals surface area contributed by atoms with Gasteiger partial charge in [0.05, 0.1) is 18.7 Å². The molecule has 1 atom stereocenters. The van der Waals surface area contributed by atoms with Gasteiger partial charge in [-0.3, -0.25) is 4.99 Å². The first-order valence-corrected chi connectivity index (χ1v) is 9.79. The van der Waals surface area contributed by atoms with Crippen LogP contribution in [0.4, 0.5) is 13.2 Å². The zero-order chi connectivity index (χ0) is 20.0. The van der Waals surface area contributed by atoms with E-state index < -0.39 is 17.8 Å². The molecule has 2 aliphatic rings. The highest BCUT2D eigenvalue weighted by Gasteiger charge is 2.32. The average Bonchev–Trinajstić information content (AvgIpc) is 3.51. The molecule has 1 saturated heterocycles. The van der Waals surface area contributed by atoms with E-state index in [1.165, 1.54) is 25.0 Å². The summed E-state index contributed by atoms with van der Waals surface area (Å²) in [7, 11) is 1.71. The minimum atomic E-state index is -4.36. The van der Waals surface area contributed by atoms with E-state index in [9.17, 15) is 13.2 Å². The van der Waals surface area contributed by atoms with E-state index >= 15 is 0 Å². The zero-order valence-corrected chi connectivity index (χ0v) is 16.2. The topological polar surface area (TPSA) is 46.1 Å². The molecule has 1 saturated carbocycles. The number of alkyl halides is 3. The van der Waals surface area contributed by atoms with E-state index in [2.05, 4.69) is 10.3 Å². The zero-order valence-electron chi connectivity index (χ0n) is 16.2. The predicted molar refractivity (Wildman–Crippen MR) is 101 cm³/mol. The van der Waals surface area contributed by atoms with Crippen LogP contribution in [0.15, 0.2) is 29.3 Å². The van der Waals surface area contributed by atoms with Crippen LogP contribution in [-0.2, 0) is 15.7 Å². The van der Waals surface area contributed by atoms with Crippen LogP contribution in [0.2, 0.25) is 0 Å². The Morgan fingerprint density at radius 2 is 2.18 bits per heavy atom. The number of morpholine rings is 1. The highest BCUT2D eigenvalue weighted by atomic mass is 19.4. The molecule has 1 aromatic rings. The van der Waals surface area contributed by atoms with E-state index in [4.69, 9.17) is 9.47 Å². The van der Waals surface area contributed by atoms with E-state index in [-0.39, 0.29) is 0 Å². The maximum absolute atomic E-state index is 13.0. The quantitative estimate of drug-likeness (QED) is 0.433. The van der Waals surface area contributed by atoms with Gasteiger partial charge < -0.3 is 19.7 Å². The lowest BCUT2D eigenvalue weighted by atomic mass is 10.0. The van der Waals surface area contributed by atoms with Crippen LogP contribution < -0.4 is 5.32 Å². The fraction of sp³-hybridized carbons (Fsp3) is 0.650.